The minimum atomic E-state index is -0.161. The van der Waals surface area contributed by atoms with Gasteiger partial charge in [-0.2, -0.15) is 0 Å². The number of methoxy groups -OCH3 is 1. The van der Waals surface area contributed by atoms with E-state index in [0.717, 1.165) is 31.7 Å². The second kappa shape index (κ2) is 6.57. The lowest BCUT2D eigenvalue weighted by atomic mass is 10.0. The van der Waals surface area contributed by atoms with Crippen molar-refractivity contribution in [2.75, 3.05) is 27.3 Å². The van der Waals surface area contributed by atoms with E-state index in [4.69, 9.17) is 4.74 Å². The van der Waals surface area contributed by atoms with E-state index >= 15 is 0 Å². The van der Waals surface area contributed by atoms with Gasteiger partial charge in [-0.1, -0.05) is 12.1 Å². The zero-order chi connectivity index (χ0) is 13.7. The van der Waals surface area contributed by atoms with Crippen molar-refractivity contribution in [3.8, 4) is 5.75 Å². The Morgan fingerprint density at radius 2 is 2.32 bits per heavy atom. The number of ether oxygens (including phenoxy) is 2. The average Bonchev–Trinajstić information content (AvgIpc) is 2.44. The third-order valence-electron chi connectivity index (χ3n) is 3.35. The SMILES string of the molecule is COC(=O)CCN(C)Cc1ccc2c(c1)CCCO2. The molecule has 0 aromatic heterocycles. The molecule has 2 rings (SSSR count). The van der Waals surface area contributed by atoms with Crippen LogP contribution in [0.5, 0.6) is 5.75 Å². The second-order valence-electron chi connectivity index (χ2n) is 4.96. The van der Waals surface area contributed by atoms with Crippen molar-refractivity contribution >= 4 is 5.97 Å². The van der Waals surface area contributed by atoms with Gasteiger partial charge in [0.2, 0.25) is 0 Å². The Balaban J connectivity index is 1.90. The average molecular weight is 263 g/mol. The maximum absolute atomic E-state index is 11.1. The Bertz CT molecular complexity index is 445. The highest BCUT2D eigenvalue weighted by Crippen LogP contribution is 2.25. The summed E-state index contributed by atoms with van der Waals surface area (Å²) in [7, 11) is 3.44. The van der Waals surface area contributed by atoms with E-state index in [1.165, 1.54) is 18.2 Å². The molecule has 0 bridgehead atoms. The minimum Gasteiger partial charge on any atom is -0.493 e. The Kier molecular flexibility index (Phi) is 4.80. The molecule has 0 amide bonds. The van der Waals surface area contributed by atoms with Gasteiger partial charge in [0.05, 0.1) is 20.1 Å². The van der Waals surface area contributed by atoms with Gasteiger partial charge in [-0.3, -0.25) is 4.79 Å². The van der Waals surface area contributed by atoms with Crippen LogP contribution in [0.3, 0.4) is 0 Å². The van der Waals surface area contributed by atoms with Crippen LogP contribution >= 0.6 is 0 Å². The first-order chi connectivity index (χ1) is 9.19. The molecular formula is C15H21NO3. The number of carbonyl (C=O) groups is 1. The van der Waals surface area contributed by atoms with E-state index in [1.807, 2.05) is 7.05 Å². The van der Waals surface area contributed by atoms with Crippen LogP contribution in [-0.4, -0.2) is 38.2 Å². The quantitative estimate of drug-likeness (QED) is 0.762. The summed E-state index contributed by atoms with van der Waals surface area (Å²) in [5.41, 5.74) is 2.56. The number of benzene rings is 1. The summed E-state index contributed by atoms with van der Waals surface area (Å²) in [5.74, 6) is 0.859. The number of rotatable bonds is 5. The number of nitrogens with zero attached hydrogens (tertiary/aromatic N) is 1. The van der Waals surface area contributed by atoms with Crippen LogP contribution in [0.25, 0.3) is 0 Å². The van der Waals surface area contributed by atoms with Gasteiger partial charge in [-0.15, -0.1) is 0 Å². The molecule has 0 saturated heterocycles. The molecule has 4 nitrogen and oxygen atoms in total. The van der Waals surface area contributed by atoms with Gasteiger partial charge in [0, 0.05) is 13.1 Å². The molecule has 0 spiro atoms. The predicted molar refractivity (Wildman–Crippen MR) is 73.2 cm³/mol. The predicted octanol–water partition coefficient (Wildman–Crippen LogP) is 2.01. The van der Waals surface area contributed by atoms with Gasteiger partial charge in [-0.25, -0.2) is 0 Å². The van der Waals surface area contributed by atoms with Gasteiger partial charge in [-0.05, 0) is 37.1 Å². The van der Waals surface area contributed by atoms with Crippen molar-refractivity contribution in [1.29, 1.82) is 0 Å². The van der Waals surface area contributed by atoms with Gasteiger partial charge < -0.3 is 14.4 Å². The van der Waals surface area contributed by atoms with Crippen LogP contribution in [0.2, 0.25) is 0 Å². The molecule has 19 heavy (non-hydrogen) atoms. The number of hydrogen-bond donors (Lipinski definition) is 0. The summed E-state index contributed by atoms with van der Waals surface area (Å²) in [4.78, 5) is 13.2. The Labute approximate surface area is 114 Å². The standard InChI is InChI=1S/C15H21NO3/c1-16(8-7-15(17)18-2)11-12-5-6-14-13(10-12)4-3-9-19-14/h5-6,10H,3-4,7-9,11H2,1-2H3. The van der Waals surface area contributed by atoms with Gasteiger partial charge >= 0.3 is 5.97 Å². The van der Waals surface area contributed by atoms with E-state index < -0.39 is 0 Å². The Morgan fingerprint density at radius 1 is 1.47 bits per heavy atom. The molecule has 1 aromatic rings. The summed E-state index contributed by atoms with van der Waals surface area (Å²) < 4.78 is 10.2. The van der Waals surface area contributed by atoms with Crippen molar-refractivity contribution in [3.05, 3.63) is 29.3 Å². The second-order valence-corrected chi connectivity index (χ2v) is 4.96. The van der Waals surface area contributed by atoms with E-state index in [9.17, 15) is 4.79 Å². The lowest BCUT2D eigenvalue weighted by molar-refractivity contribution is -0.140. The molecular weight excluding hydrogens is 242 g/mol. The molecule has 0 unspecified atom stereocenters. The molecule has 1 aliphatic heterocycles. The molecule has 104 valence electrons. The van der Waals surface area contributed by atoms with Gasteiger partial charge in [0.1, 0.15) is 5.75 Å². The molecule has 1 aliphatic rings. The van der Waals surface area contributed by atoms with Crippen molar-refractivity contribution in [3.63, 3.8) is 0 Å². The third kappa shape index (κ3) is 3.96. The molecule has 0 N–H and O–H groups in total. The first-order valence-electron chi connectivity index (χ1n) is 6.69. The molecule has 0 aliphatic carbocycles. The fourth-order valence-corrected chi connectivity index (χ4v) is 2.29. The maximum atomic E-state index is 11.1. The highest BCUT2D eigenvalue weighted by atomic mass is 16.5. The number of hydrogen-bond acceptors (Lipinski definition) is 4. The van der Waals surface area contributed by atoms with Crippen LogP contribution in [0.1, 0.15) is 24.0 Å². The van der Waals surface area contributed by atoms with Crippen LogP contribution < -0.4 is 4.74 Å². The van der Waals surface area contributed by atoms with Crippen LogP contribution in [0.4, 0.5) is 0 Å². The van der Waals surface area contributed by atoms with Crippen molar-refractivity contribution in [2.24, 2.45) is 0 Å². The number of aryl methyl sites for hydroxylation is 1. The Morgan fingerprint density at radius 3 is 3.11 bits per heavy atom. The van der Waals surface area contributed by atoms with Gasteiger partial charge in [0.15, 0.2) is 0 Å². The van der Waals surface area contributed by atoms with Crippen LogP contribution in [-0.2, 0) is 22.5 Å². The van der Waals surface area contributed by atoms with E-state index in [-0.39, 0.29) is 5.97 Å². The molecule has 1 aromatic carbocycles. The number of carbonyl (C=O) groups excluding carboxylic acids is 1. The van der Waals surface area contributed by atoms with Crippen LogP contribution in [0, 0.1) is 0 Å². The van der Waals surface area contributed by atoms with Crippen LogP contribution in [0.15, 0.2) is 18.2 Å². The molecule has 0 atom stereocenters. The topological polar surface area (TPSA) is 38.8 Å². The highest BCUT2D eigenvalue weighted by molar-refractivity contribution is 5.69. The zero-order valence-corrected chi connectivity index (χ0v) is 11.6. The highest BCUT2D eigenvalue weighted by Gasteiger charge is 2.11. The fourth-order valence-electron chi connectivity index (χ4n) is 2.29. The molecule has 0 fully saturated rings. The van der Waals surface area contributed by atoms with E-state index in [1.54, 1.807) is 0 Å². The summed E-state index contributed by atoms with van der Waals surface area (Å²) in [6.07, 6.45) is 2.62. The monoisotopic (exact) mass is 263 g/mol. The van der Waals surface area contributed by atoms with Crippen molar-refractivity contribution in [2.45, 2.75) is 25.8 Å². The Hall–Kier alpha value is -1.55. The normalized spacial score (nSPS) is 13.8. The summed E-state index contributed by atoms with van der Waals surface area (Å²) in [6.45, 7) is 2.37. The minimum absolute atomic E-state index is 0.161. The summed E-state index contributed by atoms with van der Waals surface area (Å²) >= 11 is 0. The van der Waals surface area contributed by atoms with E-state index in [2.05, 4.69) is 27.8 Å². The molecule has 0 saturated carbocycles. The molecule has 1 heterocycles. The molecule has 0 radical (unpaired) electrons. The zero-order valence-electron chi connectivity index (χ0n) is 11.6. The first kappa shape index (κ1) is 13.9. The number of esters is 1. The van der Waals surface area contributed by atoms with Crippen molar-refractivity contribution < 1.29 is 14.3 Å². The largest absolute Gasteiger partial charge is 0.493 e. The lowest BCUT2D eigenvalue weighted by Gasteiger charge is -2.20. The van der Waals surface area contributed by atoms with Gasteiger partial charge in [0.25, 0.3) is 0 Å². The summed E-state index contributed by atoms with van der Waals surface area (Å²) in [6, 6.07) is 6.36. The first-order valence-corrected chi connectivity index (χ1v) is 6.69. The fraction of sp³-hybridized carbons (Fsp3) is 0.533. The molecule has 4 heteroatoms. The smallest absolute Gasteiger partial charge is 0.306 e. The van der Waals surface area contributed by atoms with Crippen molar-refractivity contribution in [1.82, 2.24) is 4.90 Å². The lowest BCUT2D eigenvalue weighted by Crippen LogP contribution is -2.22. The number of fused-ring (bicyclic) bond motifs is 1. The van der Waals surface area contributed by atoms with E-state index in [0.29, 0.717) is 13.0 Å². The third-order valence-corrected chi connectivity index (χ3v) is 3.35. The summed E-state index contributed by atoms with van der Waals surface area (Å²) in [5, 5.41) is 0. The maximum Gasteiger partial charge on any atom is 0.306 e.